The molecule has 7 heteroatoms. The monoisotopic (exact) mass is 375 g/mol. The molecule has 0 radical (unpaired) electrons. The van der Waals surface area contributed by atoms with Crippen LogP contribution in [0, 0.1) is 0 Å². The highest BCUT2D eigenvalue weighted by Crippen LogP contribution is 2.22. The molecule has 1 aliphatic carbocycles. The van der Waals surface area contributed by atoms with Crippen LogP contribution in [0.1, 0.15) is 43.9 Å². The molecule has 1 atom stereocenters. The van der Waals surface area contributed by atoms with Crippen LogP contribution in [0.4, 0.5) is 0 Å². The van der Waals surface area contributed by atoms with Crippen molar-refractivity contribution in [2.45, 2.75) is 38.1 Å². The molecule has 0 saturated carbocycles. The highest BCUT2D eigenvalue weighted by molar-refractivity contribution is 6.35. The smallest absolute Gasteiger partial charge is 0.309 e. The Morgan fingerprint density at radius 3 is 2.67 bits per heavy atom. The van der Waals surface area contributed by atoms with Gasteiger partial charge in [-0.15, -0.1) is 0 Å². The van der Waals surface area contributed by atoms with E-state index in [0.717, 1.165) is 38.1 Å². The minimum atomic E-state index is -0.600. The van der Waals surface area contributed by atoms with E-state index in [1.54, 1.807) is 6.26 Å². The second-order valence-electron chi connectivity index (χ2n) is 7.00. The molecule has 2 amide bonds. The van der Waals surface area contributed by atoms with E-state index in [2.05, 4.69) is 21.6 Å². The lowest BCUT2D eigenvalue weighted by atomic mass is 9.97. The van der Waals surface area contributed by atoms with Gasteiger partial charge in [0.05, 0.1) is 25.5 Å². The number of nitrogens with one attached hydrogen (secondary N) is 2. The molecule has 27 heavy (non-hydrogen) atoms. The van der Waals surface area contributed by atoms with Crippen LogP contribution >= 0.6 is 0 Å². The van der Waals surface area contributed by atoms with Crippen molar-refractivity contribution >= 4 is 11.8 Å². The Bertz CT molecular complexity index is 636. The molecule has 2 N–H and O–H groups in total. The van der Waals surface area contributed by atoms with Crippen LogP contribution in [0.15, 0.2) is 34.5 Å². The van der Waals surface area contributed by atoms with Gasteiger partial charge in [0.1, 0.15) is 5.76 Å². The lowest BCUT2D eigenvalue weighted by Gasteiger charge is -2.33. The molecule has 1 aromatic rings. The van der Waals surface area contributed by atoms with Gasteiger partial charge in [-0.25, -0.2) is 0 Å². The number of furan rings is 1. The highest BCUT2D eigenvalue weighted by atomic mass is 16.5. The molecule has 0 bridgehead atoms. The highest BCUT2D eigenvalue weighted by Gasteiger charge is 2.26. The molecule has 2 aliphatic rings. The first-order valence-electron chi connectivity index (χ1n) is 9.83. The molecule has 0 unspecified atom stereocenters. The molecule has 7 nitrogen and oxygen atoms in total. The van der Waals surface area contributed by atoms with Gasteiger partial charge in [-0.1, -0.05) is 11.6 Å². The average molecular weight is 375 g/mol. The third-order valence-corrected chi connectivity index (χ3v) is 5.14. The summed E-state index contributed by atoms with van der Waals surface area (Å²) < 4.78 is 10.9. The number of hydrogen-bond donors (Lipinski definition) is 2. The number of morpholine rings is 1. The van der Waals surface area contributed by atoms with Gasteiger partial charge in [-0.3, -0.25) is 14.5 Å². The number of amides is 2. The maximum Gasteiger partial charge on any atom is 0.309 e. The van der Waals surface area contributed by atoms with Crippen molar-refractivity contribution in [3.8, 4) is 0 Å². The fraction of sp³-hybridized carbons (Fsp3) is 0.600. The van der Waals surface area contributed by atoms with E-state index >= 15 is 0 Å². The van der Waals surface area contributed by atoms with Crippen molar-refractivity contribution in [1.29, 1.82) is 0 Å². The Hall–Kier alpha value is -2.12. The number of allylic oxidation sites excluding steroid dienone is 1. The maximum atomic E-state index is 12.2. The van der Waals surface area contributed by atoms with Crippen molar-refractivity contribution in [3.05, 3.63) is 35.8 Å². The molecule has 1 fully saturated rings. The summed E-state index contributed by atoms with van der Waals surface area (Å²) >= 11 is 0. The average Bonchev–Trinajstić information content (AvgIpc) is 3.24. The molecule has 2 heterocycles. The SMILES string of the molecule is O=C(NCCC1=CCCCC1)C(=O)NC[C@@H](c1ccco1)N1CCOCC1. The Morgan fingerprint density at radius 1 is 1.15 bits per heavy atom. The molecule has 1 aliphatic heterocycles. The van der Waals surface area contributed by atoms with E-state index in [0.29, 0.717) is 26.3 Å². The van der Waals surface area contributed by atoms with Crippen LogP contribution in [0.5, 0.6) is 0 Å². The Kier molecular flexibility index (Phi) is 7.47. The maximum absolute atomic E-state index is 12.2. The topological polar surface area (TPSA) is 83.8 Å². The van der Waals surface area contributed by atoms with Gasteiger partial charge in [-0.2, -0.15) is 0 Å². The predicted octanol–water partition coefficient (Wildman–Crippen LogP) is 1.78. The Morgan fingerprint density at radius 2 is 1.96 bits per heavy atom. The van der Waals surface area contributed by atoms with Crippen LogP contribution in [0.2, 0.25) is 0 Å². The second kappa shape index (κ2) is 10.3. The van der Waals surface area contributed by atoms with E-state index in [4.69, 9.17) is 9.15 Å². The van der Waals surface area contributed by atoms with E-state index in [-0.39, 0.29) is 6.04 Å². The van der Waals surface area contributed by atoms with Crippen LogP contribution in [-0.2, 0) is 14.3 Å². The zero-order valence-electron chi connectivity index (χ0n) is 15.7. The van der Waals surface area contributed by atoms with E-state index in [9.17, 15) is 9.59 Å². The number of carbonyl (C=O) groups is 2. The molecule has 0 spiro atoms. The largest absolute Gasteiger partial charge is 0.468 e. The van der Waals surface area contributed by atoms with Crippen molar-refractivity contribution < 1.29 is 18.7 Å². The van der Waals surface area contributed by atoms with Crippen molar-refractivity contribution in [2.75, 3.05) is 39.4 Å². The molecular formula is C20H29N3O4. The molecule has 148 valence electrons. The van der Waals surface area contributed by atoms with E-state index in [1.165, 1.54) is 18.4 Å². The molecular weight excluding hydrogens is 346 g/mol. The predicted molar refractivity (Wildman–Crippen MR) is 101 cm³/mol. The van der Waals surface area contributed by atoms with Crippen molar-refractivity contribution in [1.82, 2.24) is 15.5 Å². The summed E-state index contributed by atoms with van der Waals surface area (Å²) in [7, 11) is 0. The number of carbonyl (C=O) groups excluding carboxylic acids is 2. The first-order valence-corrected chi connectivity index (χ1v) is 9.83. The van der Waals surface area contributed by atoms with E-state index < -0.39 is 11.8 Å². The fourth-order valence-electron chi connectivity index (χ4n) is 3.60. The molecule has 3 rings (SSSR count). The number of hydrogen-bond acceptors (Lipinski definition) is 5. The quantitative estimate of drug-likeness (QED) is 0.561. The van der Waals surface area contributed by atoms with Gasteiger partial charge in [0, 0.05) is 26.2 Å². The molecule has 1 saturated heterocycles. The minimum Gasteiger partial charge on any atom is -0.468 e. The summed E-state index contributed by atoms with van der Waals surface area (Å²) in [4.78, 5) is 26.4. The minimum absolute atomic E-state index is 0.104. The molecule has 0 aromatic carbocycles. The van der Waals surface area contributed by atoms with Gasteiger partial charge >= 0.3 is 11.8 Å². The normalized spacial score (nSPS) is 19.2. The van der Waals surface area contributed by atoms with Crippen LogP contribution < -0.4 is 10.6 Å². The molecule has 1 aromatic heterocycles. The standard InChI is InChI=1S/C20H29N3O4/c24-19(21-9-8-16-5-2-1-3-6-16)20(25)22-15-17(18-7-4-12-27-18)23-10-13-26-14-11-23/h4-5,7,12,17H,1-3,6,8-11,13-15H2,(H,21,24)(H,22,25)/t17-/m0/s1. The van der Waals surface area contributed by atoms with Gasteiger partial charge in [0.15, 0.2) is 0 Å². The summed E-state index contributed by atoms with van der Waals surface area (Å²) in [5.41, 5.74) is 1.38. The van der Waals surface area contributed by atoms with Crippen molar-refractivity contribution in [2.24, 2.45) is 0 Å². The van der Waals surface area contributed by atoms with Gasteiger partial charge in [0.25, 0.3) is 0 Å². The van der Waals surface area contributed by atoms with Crippen LogP contribution in [0.25, 0.3) is 0 Å². The number of ether oxygens (including phenoxy) is 1. The number of nitrogens with zero attached hydrogens (tertiary/aromatic N) is 1. The van der Waals surface area contributed by atoms with E-state index in [1.807, 2.05) is 12.1 Å². The first kappa shape index (κ1) is 19.6. The lowest BCUT2D eigenvalue weighted by Crippen LogP contribution is -2.46. The fourth-order valence-corrected chi connectivity index (χ4v) is 3.60. The summed E-state index contributed by atoms with van der Waals surface area (Å²) in [5.74, 6) is -0.397. The Labute approximate surface area is 160 Å². The first-order chi connectivity index (χ1) is 13.2. The lowest BCUT2D eigenvalue weighted by molar-refractivity contribution is -0.139. The van der Waals surface area contributed by atoms with Gasteiger partial charge in [0.2, 0.25) is 0 Å². The van der Waals surface area contributed by atoms with Gasteiger partial charge < -0.3 is 19.8 Å². The van der Waals surface area contributed by atoms with Crippen LogP contribution in [0.3, 0.4) is 0 Å². The Balaban J connectivity index is 1.45. The third-order valence-electron chi connectivity index (χ3n) is 5.14. The second-order valence-corrected chi connectivity index (χ2v) is 7.00. The third kappa shape index (κ3) is 5.94. The van der Waals surface area contributed by atoms with Crippen molar-refractivity contribution in [3.63, 3.8) is 0 Å². The zero-order valence-corrected chi connectivity index (χ0v) is 15.7. The zero-order chi connectivity index (χ0) is 18.9. The summed E-state index contributed by atoms with van der Waals surface area (Å²) in [6.45, 7) is 3.67. The van der Waals surface area contributed by atoms with Gasteiger partial charge in [-0.05, 0) is 44.2 Å². The summed E-state index contributed by atoms with van der Waals surface area (Å²) in [6.07, 6.45) is 9.39. The summed E-state index contributed by atoms with van der Waals surface area (Å²) in [5, 5.41) is 5.47. The van der Waals surface area contributed by atoms with Crippen LogP contribution in [-0.4, -0.2) is 56.1 Å². The summed E-state index contributed by atoms with van der Waals surface area (Å²) in [6, 6.07) is 3.62. The number of rotatable bonds is 7.